The third-order valence-corrected chi connectivity index (χ3v) is 3.52. The molecule has 7 nitrogen and oxygen atoms in total. The molecule has 8 heteroatoms. The minimum atomic E-state index is -1.51. The maximum atomic E-state index is 14.4. The van der Waals surface area contributed by atoms with Crippen molar-refractivity contribution in [3.8, 4) is 0 Å². The number of amides is 2. The number of rotatable bonds is 6. The minimum Gasteiger partial charge on any atom is -0.465 e. The molecule has 0 aliphatic carbocycles. The van der Waals surface area contributed by atoms with Crippen LogP contribution in [0.25, 0.3) is 0 Å². The number of nitrogens with two attached hydrogens (primary N) is 1. The molecule has 0 radical (unpaired) electrons. The van der Waals surface area contributed by atoms with Crippen LogP contribution in [0.5, 0.6) is 0 Å². The molecule has 0 fully saturated rings. The van der Waals surface area contributed by atoms with Crippen molar-refractivity contribution in [3.05, 3.63) is 0 Å². The summed E-state index contributed by atoms with van der Waals surface area (Å²) < 4.78 is 14.4. The lowest BCUT2D eigenvalue weighted by molar-refractivity contribution is 0.0459. The SMILES string of the molecule is CC(C)(C)N(CC(F)C[C@H](CN)N(C(=O)O)C(C)(C)C)C(=O)O. The van der Waals surface area contributed by atoms with Crippen LogP contribution in [-0.4, -0.2) is 68.6 Å². The monoisotopic (exact) mass is 335 g/mol. The van der Waals surface area contributed by atoms with E-state index in [1.807, 2.05) is 0 Å². The summed E-state index contributed by atoms with van der Waals surface area (Å²) in [5, 5.41) is 18.6. The Morgan fingerprint density at radius 2 is 1.52 bits per heavy atom. The van der Waals surface area contributed by atoms with Crippen molar-refractivity contribution in [2.75, 3.05) is 13.1 Å². The molecule has 0 heterocycles. The number of carbonyl (C=O) groups is 2. The van der Waals surface area contributed by atoms with E-state index < -0.39 is 35.5 Å². The first kappa shape index (κ1) is 21.4. The van der Waals surface area contributed by atoms with E-state index in [9.17, 15) is 24.2 Å². The number of halogens is 1. The molecule has 0 aromatic carbocycles. The van der Waals surface area contributed by atoms with Crippen LogP contribution in [0.1, 0.15) is 48.0 Å². The molecule has 0 spiro atoms. The lowest BCUT2D eigenvalue weighted by atomic mass is 9.99. The van der Waals surface area contributed by atoms with Crippen LogP contribution in [-0.2, 0) is 0 Å². The minimum absolute atomic E-state index is 0.0351. The summed E-state index contributed by atoms with van der Waals surface area (Å²) in [4.78, 5) is 24.9. The van der Waals surface area contributed by atoms with E-state index in [0.29, 0.717) is 0 Å². The molecular formula is C15H30FN3O4. The summed E-state index contributed by atoms with van der Waals surface area (Å²) >= 11 is 0. The van der Waals surface area contributed by atoms with Gasteiger partial charge in [-0.1, -0.05) is 0 Å². The number of hydrogen-bond donors (Lipinski definition) is 3. The Labute approximate surface area is 137 Å². The van der Waals surface area contributed by atoms with Gasteiger partial charge in [0.2, 0.25) is 0 Å². The Morgan fingerprint density at radius 1 is 1.04 bits per heavy atom. The number of nitrogens with zero attached hydrogens (tertiary/aromatic N) is 2. The van der Waals surface area contributed by atoms with Gasteiger partial charge in [0.05, 0.1) is 12.6 Å². The van der Waals surface area contributed by atoms with E-state index >= 15 is 0 Å². The third-order valence-electron chi connectivity index (χ3n) is 3.52. The van der Waals surface area contributed by atoms with Gasteiger partial charge in [-0.05, 0) is 41.5 Å². The van der Waals surface area contributed by atoms with Crippen LogP contribution in [0.3, 0.4) is 0 Å². The van der Waals surface area contributed by atoms with Crippen LogP contribution in [0, 0.1) is 0 Å². The first-order valence-electron chi connectivity index (χ1n) is 7.58. The maximum absolute atomic E-state index is 14.4. The molecule has 1 unspecified atom stereocenters. The summed E-state index contributed by atoms with van der Waals surface area (Å²) in [5.74, 6) is 0. The fourth-order valence-electron chi connectivity index (χ4n) is 2.50. The molecule has 0 aliphatic heterocycles. The summed E-state index contributed by atoms with van der Waals surface area (Å²) in [6, 6.07) is -0.724. The Hall–Kier alpha value is -1.57. The first-order valence-corrected chi connectivity index (χ1v) is 7.58. The second-order valence-electron chi connectivity index (χ2n) is 7.61. The van der Waals surface area contributed by atoms with Gasteiger partial charge < -0.3 is 20.8 Å². The van der Waals surface area contributed by atoms with Crippen LogP contribution >= 0.6 is 0 Å². The van der Waals surface area contributed by atoms with Gasteiger partial charge in [0.15, 0.2) is 0 Å². The average molecular weight is 335 g/mol. The van der Waals surface area contributed by atoms with Crippen molar-refractivity contribution in [2.45, 2.75) is 71.3 Å². The maximum Gasteiger partial charge on any atom is 0.408 e. The van der Waals surface area contributed by atoms with E-state index in [1.165, 1.54) is 0 Å². The molecule has 4 N–H and O–H groups in total. The second-order valence-corrected chi connectivity index (χ2v) is 7.61. The van der Waals surface area contributed by atoms with Crippen LogP contribution < -0.4 is 5.73 Å². The molecular weight excluding hydrogens is 305 g/mol. The zero-order valence-corrected chi connectivity index (χ0v) is 14.8. The van der Waals surface area contributed by atoms with Gasteiger partial charge in [-0.25, -0.2) is 14.0 Å². The van der Waals surface area contributed by atoms with E-state index in [2.05, 4.69) is 0 Å². The highest BCUT2D eigenvalue weighted by molar-refractivity contribution is 5.67. The normalized spacial score (nSPS) is 15.0. The van der Waals surface area contributed by atoms with Gasteiger partial charge in [-0.3, -0.25) is 4.90 Å². The zero-order chi connectivity index (χ0) is 18.6. The highest BCUT2D eigenvalue weighted by Crippen LogP contribution is 2.22. The highest BCUT2D eigenvalue weighted by atomic mass is 19.1. The smallest absolute Gasteiger partial charge is 0.408 e. The highest BCUT2D eigenvalue weighted by Gasteiger charge is 2.35. The van der Waals surface area contributed by atoms with E-state index in [0.717, 1.165) is 9.80 Å². The number of alkyl halides is 1. The molecule has 0 aliphatic rings. The summed E-state index contributed by atoms with van der Waals surface area (Å²) in [5.41, 5.74) is 4.16. The van der Waals surface area contributed by atoms with Gasteiger partial charge in [0.25, 0.3) is 0 Å². The molecule has 0 rings (SSSR count). The summed E-state index contributed by atoms with van der Waals surface area (Å²) in [6.45, 7) is 9.77. The lowest BCUT2D eigenvalue weighted by Gasteiger charge is -2.40. The van der Waals surface area contributed by atoms with Crippen molar-refractivity contribution >= 4 is 12.2 Å². The summed E-state index contributed by atoms with van der Waals surface area (Å²) in [6.07, 6.45) is -4.05. The topological polar surface area (TPSA) is 107 Å². The fourth-order valence-corrected chi connectivity index (χ4v) is 2.50. The molecule has 136 valence electrons. The number of hydrogen-bond acceptors (Lipinski definition) is 3. The van der Waals surface area contributed by atoms with Gasteiger partial charge in [0.1, 0.15) is 6.17 Å². The van der Waals surface area contributed by atoms with Crippen molar-refractivity contribution in [2.24, 2.45) is 5.73 Å². The van der Waals surface area contributed by atoms with Crippen LogP contribution in [0.2, 0.25) is 0 Å². The Bertz CT molecular complexity index is 418. The van der Waals surface area contributed by atoms with Crippen molar-refractivity contribution in [3.63, 3.8) is 0 Å². The molecule has 0 saturated heterocycles. The van der Waals surface area contributed by atoms with E-state index in [4.69, 9.17) is 5.73 Å². The molecule has 2 atom stereocenters. The molecule has 23 heavy (non-hydrogen) atoms. The standard InChI is InChI=1S/C15H30FN3O4/c1-14(2,3)18(12(20)21)9-10(16)7-11(8-17)19(13(22)23)15(4,5)6/h10-11H,7-9,17H2,1-6H3,(H,20,21)(H,22,23)/t10?,11-/m1/s1. The van der Waals surface area contributed by atoms with Gasteiger partial charge in [-0.2, -0.15) is 0 Å². The Morgan fingerprint density at radius 3 is 1.78 bits per heavy atom. The van der Waals surface area contributed by atoms with Gasteiger partial charge >= 0.3 is 12.2 Å². The van der Waals surface area contributed by atoms with Crippen LogP contribution in [0.15, 0.2) is 0 Å². The van der Waals surface area contributed by atoms with E-state index in [-0.39, 0.29) is 19.5 Å². The fraction of sp³-hybridized carbons (Fsp3) is 0.867. The van der Waals surface area contributed by atoms with Crippen molar-refractivity contribution < 1.29 is 24.2 Å². The second kappa shape index (κ2) is 7.81. The lowest BCUT2D eigenvalue weighted by Crippen LogP contribution is -2.55. The Kier molecular flexibility index (Phi) is 7.27. The Balaban J connectivity index is 5.12. The van der Waals surface area contributed by atoms with Crippen molar-refractivity contribution in [1.29, 1.82) is 0 Å². The first-order chi connectivity index (χ1) is 10.2. The largest absolute Gasteiger partial charge is 0.465 e. The molecule has 0 aromatic heterocycles. The average Bonchev–Trinajstić information content (AvgIpc) is 2.30. The predicted octanol–water partition coefficient (Wildman–Crippen LogP) is 2.60. The predicted molar refractivity (Wildman–Crippen MR) is 86.5 cm³/mol. The van der Waals surface area contributed by atoms with Gasteiger partial charge in [0, 0.05) is 24.0 Å². The van der Waals surface area contributed by atoms with Crippen molar-refractivity contribution in [1.82, 2.24) is 9.80 Å². The van der Waals surface area contributed by atoms with E-state index in [1.54, 1.807) is 41.5 Å². The van der Waals surface area contributed by atoms with Gasteiger partial charge in [-0.15, -0.1) is 0 Å². The summed E-state index contributed by atoms with van der Waals surface area (Å²) in [7, 11) is 0. The molecule has 0 bridgehead atoms. The third kappa shape index (κ3) is 6.60. The quantitative estimate of drug-likeness (QED) is 0.691. The molecule has 0 saturated carbocycles. The van der Waals surface area contributed by atoms with Crippen LogP contribution in [0.4, 0.5) is 14.0 Å². The molecule has 0 aromatic rings. The number of carboxylic acid groups (broad SMARTS) is 2. The zero-order valence-electron chi connectivity index (χ0n) is 14.8. The molecule has 2 amide bonds.